The van der Waals surface area contributed by atoms with Gasteiger partial charge < -0.3 is 15.6 Å². The third kappa shape index (κ3) is 3.62. The van der Waals surface area contributed by atoms with Crippen LogP contribution in [0.3, 0.4) is 0 Å². The molecule has 102 valence electrons. The molecular weight excluding hydrogens is 238 g/mol. The van der Waals surface area contributed by atoms with E-state index in [1.54, 1.807) is 6.33 Å². The second-order valence-electron chi connectivity index (χ2n) is 4.76. The van der Waals surface area contributed by atoms with Crippen molar-refractivity contribution in [1.29, 1.82) is 0 Å². The molecule has 0 fully saturated rings. The van der Waals surface area contributed by atoms with Gasteiger partial charge in [0, 0.05) is 13.6 Å². The van der Waals surface area contributed by atoms with Crippen LogP contribution in [0, 0.1) is 0 Å². The molecule has 0 radical (unpaired) electrons. The van der Waals surface area contributed by atoms with Crippen LogP contribution >= 0.6 is 0 Å². The zero-order chi connectivity index (χ0) is 13.7. The Balaban J connectivity index is 1.90. The van der Waals surface area contributed by atoms with Gasteiger partial charge in [0.25, 0.3) is 0 Å². The molecule has 0 saturated carbocycles. The maximum absolute atomic E-state index is 5.54. The molecule has 0 saturated heterocycles. The van der Waals surface area contributed by atoms with Crippen LogP contribution in [0.4, 0.5) is 0 Å². The minimum atomic E-state index is 0.177. The monoisotopic (exact) mass is 259 g/mol. The Bertz CT molecular complexity index is 503. The molecule has 0 aliphatic heterocycles. The van der Waals surface area contributed by atoms with Gasteiger partial charge in [-0.05, 0) is 31.0 Å². The van der Waals surface area contributed by atoms with E-state index in [-0.39, 0.29) is 6.04 Å². The highest BCUT2D eigenvalue weighted by Gasteiger charge is 2.10. The van der Waals surface area contributed by atoms with Crippen molar-refractivity contribution in [2.45, 2.75) is 25.9 Å². The van der Waals surface area contributed by atoms with Crippen LogP contribution in [0.25, 0.3) is 0 Å². The van der Waals surface area contributed by atoms with E-state index in [0.29, 0.717) is 6.54 Å². The molecule has 5 heteroatoms. The predicted octanol–water partition coefficient (Wildman–Crippen LogP) is 1.17. The third-order valence-electron chi connectivity index (χ3n) is 3.20. The molecule has 1 aromatic heterocycles. The molecule has 0 bridgehead atoms. The number of aromatic nitrogens is 3. The summed E-state index contributed by atoms with van der Waals surface area (Å²) >= 11 is 0. The smallest absolute Gasteiger partial charge is 0.149 e. The standard InChI is InChI=1S/C14H21N5/c1-11(14-18-17-10-19(14)2)16-9-13-5-3-12(4-6-13)7-8-15/h3-6,10-11,16H,7-9,15H2,1-2H3. The highest BCUT2D eigenvalue weighted by Crippen LogP contribution is 2.10. The number of nitrogens with one attached hydrogen (secondary N) is 1. The van der Waals surface area contributed by atoms with Crippen molar-refractivity contribution in [1.82, 2.24) is 20.1 Å². The number of benzene rings is 1. The van der Waals surface area contributed by atoms with E-state index in [4.69, 9.17) is 5.73 Å². The Morgan fingerprint density at radius 3 is 2.53 bits per heavy atom. The van der Waals surface area contributed by atoms with Crippen LogP contribution in [0.5, 0.6) is 0 Å². The number of aryl methyl sites for hydroxylation is 1. The Morgan fingerprint density at radius 1 is 1.26 bits per heavy atom. The summed E-state index contributed by atoms with van der Waals surface area (Å²) in [5, 5.41) is 11.4. The summed E-state index contributed by atoms with van der Waals surface area (Å²) < 4.78 is 1.93. The molecule has 1 heterocycles. The zero-order valence-corrected chi connectivity index (χ0v) is 11.5. The van der Waals surface area contributed by atoms with Crippen molar-refractivity contribution in [3.05, 3.63) is 47.5 Å². The van der Waals surface area contributed by atoms with Gasteiger partial charge in [-0.2, -0.15) is 0 Å². The lowest BCUT2D eigenvalue weighted by Crippen LogP contribution is -2.21. The normalized spacial score (nSPS) is 12.6. The molecular formula is C14H21N5. The SMILES string of the molecule is CC(NCc1ccc(CCN)cc1)c1nncn1C. The van der Waals surface area contributed by atoms with Gasteiger partial charge in [0.15, 0.2) is 0 Å². The minimum Gasteiger partial charge on any atom is -0.330 e. The molecule has 0 amide bonds. The van der Waals surface area contributed by atoms with Crippen molar-refractivity contribution in [3.63, 3.8) is 0 Å². The maximum Gasteiger partial charge on any atom is 0.149 e. The molecule has 5 nitrogen and oxygen atoms in total. The fourth-order valence-corrected chi connectivity index (χ4v) is 2.04. The first-order valence-electron chi connectivity index (χ1n) is 6.56. The number of nitrogens with zero attached hydrogens (tertiary/aromatic N) is 3. The van der Waals surface area contributed by atoms with Crippen LogP contribution in [0.15, 0.2) is 30.6 Å². The van der Waals surface area contributed by atoms with E-state index in [1.165, 1.54) is 11.1 Å². The van der Waals surface area contributed by atoms with E-state index in [0.717, 1.165) is 18.8 Å². The van der Waals surface area contributed by atoms with Crippen molar-refractivity contribution >= 4 is 0 Å². The molecule has 3 N–H and O–H groups in total. The first kappa shape index (κ1) is 13.7. The highest BCUT2D eigenvalue weighted by atomic mass is 15.3. The molecule has 2 rings (SSSR count). The topological polar surface area (TPSA) is 68.8 Å². The van der Waals surface area contributed by atoms with Crippen LogP contribution in [-0.4, -0.2) is 21.3 Å². The van der Waals surface area contributed by atoms with Crippen molar-refractivity contribution in [2.75, 3.05) is 6.54 Å². The summed E-state index contributed by atoms with van der Waals surface area (Å²) in [4.78, 5) is 0. The number of hydrogen-bond donors (Lipinski definition) is 2. The number of rotatable bonds is 6. The quantitative estimate of drug-likeness (QED) is 0.817. The van der Waals surface area contributed by atoms with Crippen molar-refractivity contribution < 1.29 is 0 Å². The molecule has 1 unspecified atom stereocenters. The minimum absolute atomic E-state index is 0.177. The van der Waals surface area contributed by atoms with Crippen LogP contribution in [0.2, 0.25) is 0 Å². The first-order chi connectivity index (χ1) is 9.20. The molecule has 1 atom stereocenters. The summed E-state index contributed by atoms with van der Waals surface area (Å²) in [7, 11) is 1.95. The molecule has 1 aromatic carbocycles. The Morgan fingerprint density at radius 2 is 1.95 bits per heavy atom. The number of hydrogen-bond acceptors (Lipinski definition) is 4. The van der Waals surface area contributed by atoms with E-state index >= 15 is 0 Å². The van der Waals surface area contributed by atoms with Crippen LogP contribution in [-0.2, 0) is 20.0 Å². The molecule has 0 aliphatic carbocycles. The second kappa shape index (κ2) is 6.45. The molecule has 0 aliphatic rings. The molecule has 2 aromatic rings. The van der Waals surface area contributed by atoms with Crippen molar-refractivity contribution in [3.8, 4) is 0 Å². The van der Waals surface area contributed by atoms with Gasteiger partial charge in [-0.3, -0.25) is 0 Å². The van der Waals surface area contributed by atoms with Gasteiger partial charge in [-0.15, -0.1) is 10.2 Å². The summed E-state index contributed by atoms with van der Waals surface area (Å²) in [6.07, 6.45) is 2.65. The van der Waals surface area contributed by atoms with Crippen LogP contribution < -0.4 is 11.1 Å². The molecule has 0 spiro atoms. The Kier molecular flexibility index (Phi) is 4.65. The Hall–Kier alpha value is -1.72. The first-order valence-corrected chi connectivity index (χ1v) is 6.56. The maximum atomic E-state index is 5.54. The van der Waals surface area contributed by atoms with E-state index in [1.807, 2.05) is 11.6 Å². The van der Waals surface area contributed by atoms with E-state index in [2.05, 4.69) is 46.7 Å². The molecule has 19 heavy (non-hydrogen) atoms. The van der Waals surface area contributed by atoms with Gasteiger partial charge in [-0.1, -0.05) is 24.3 Å². The summed E-state index contributed by atoms with van der Waals surface area (Å²) in [5.74, 6) is 0.944. The summed E-state index contributed by atoms with van der Waals surface area (Å²) in [5.41, 5.74) is 8.08. The summed E-state index contributed by atoms with van der Waals surface area (Å²) in [6.45, 7) is 3.60. The van der Waals surface area contributed by atoms with E-state index < -0.39 is 0 Å². The van der Waals surface area contributed by atoms with Crippen LogP contribution in [0.1, 0.15) is 29.9 Å². The highest BCUT2D eigenvalue weighted by molar-refractivity contribution is 5.22. The van der Waals surface area contributed by atoms with Crippen molar-refractivity contribution in [2.24, 2.45) is 12.8 Å². The summed E-state index contributed by atoms with van der Waals surface area (Å²) in [6, 6.07) is 8.73. The van der Waals surface area contributed by atoms with Gasteiger partial charge in [0.1, 0.15) is 12.2 Å². The van der Waals surface area contributed by atoms with Gasteiger partial charge >= 0.3 is 0 Å². The average molecular weight is 259 g/mol. The lowest BCUT2D eigenvalue weighted by molar-refractivity contribution is 0.528. The largest absolute Gasteiger partial charge is 0.330 e. The second-order valence-corrected chi connectivity index (χ2v) is 4.76. The van der Waals surface area contributed by atoms with Gasteiger partial charge in [0.2, 0.25) is 0 Å². The average Bonchev–Trinajstić information content (AvgIpc) is 2.84. The number of nitrogens with two attached hydrogens (primary N) is 1. The lowest BCUT2D eigenvalue weighted by Gasteiger charge is -2.13. The zero-order valence-electron chi connectivity index (χ0n) is 11.5. The fourth-order valence-electron chi connectivity index (χ4n) is 2.04. The van der Waals surface area contributed by atoms with E-state index in [9.17, 15) is 0 Å². The lowest BCUT2D eigenvalue weighted by atomic mass is 10.1. The van der Waals surface area contributed by atoms with Gasteiger partial charge in [-0.25, -0.2) is 0 Å². The third-order valence-corrected chi connectivity index (χ3v) is 3.20. The Labute approximate surface area is 113 Å². The predicted molar refractivity (Wildman–Crippen MR) is 75.5 cm³/mol. The fraction of sp³-hybridized carbons (Fsp3) is 0.429. The van der Waals surface area contributed by atoms with Gasteiger partial charge in [0.05, 0.1) is 6.04 Å².